The van der Waals surface area contributed by atoms with Crippen LogP contribution in [0.25, 0.3) is 0 Å². The lowest BCUT2D eigenvalue weighted by Gasteiger charge is -2.09. The standard InChI is InChI=1S/C10H12O5S/c1-8-2-4-9(5-3-8)16(11,12)15-10-6-13-7-14-10/h2-5,10H,6-7H2,1H3. The Morgan fingerprint density at radius 1 is 1.31 bits per heavy atom. The van der Waals surface area contributed by atoms with Crippen molar-refractivity contribution >= 4 is 10.1 Å². The van der Waals surface area contributed by atoms with Crippen molar-refractivity contribution in [1.82, 2.24) is 0 Å². The predicted molar refractivity (Wildman–Crippen MR) is 55.1 cm³/mol. The molecule has 0 bridgehead atoms. The second kappa shape index (κ2) is 4.50. The smallest absolute Gasteiger partial charge is 0.299 e. The molecule has 2 rings (SSSR count). The third-order valence-corrected chi connectivity index (χ3v) is 3.45. The molecule has 1 aliphatic heterocycles. The van der Waals surface area contributed by atoms with E-state index in [0.717, 1.165) is 5.56 Å². The molecule has 5 nitrogen and oxygen atoms in total. The zero-order valence-corrected chi connectivity index (χ0v) is 9.57. The maximum atomic E-state index is 11.7. The topological polar surface area (TPSA) is 61.8 Å². The van der Waals surface area contributed by atoms with Crippen LogP contribution in [0.4, 0.5) is 0 Å². The first-order valence-electron chi connectivity index (χ1n) is 4.77. The molecule has 1 aromatic carbocycles. The van der Waals surface area contributed by atoms with E-state index in [1.54, 1.807) is 12.1 Å². The summed E-state index contributed by atoms with van der Waals surface area (Å²) < 4.78 is 38.1. The zero-order valence-electron chi connectivity index (χ0n) is 8.75. The van der Waals surface area contributed by atoms with E-state index >= 15 is 0 Å². The van der Waals surface area contributed by atoms with Gasteiger partial charge in [0.25, 0.3) is 10.1 Å². The first-order chi connectivity index (χ1) is 7.58. The normalized spacial score (nSPS) is 21.2. The summed E-state index contributed by atoms with van der Waals surface area (Å²) in [6.45, 7) is 2.07. The van der Waals surface area contributed by atoms with Crippen LogP contribution in [-0.4, -0.2) is 28.1 Å². The van der Waals surface area contributed by atoms with Gasteiger partial charge in [0.2, 0.25) is 6.29 Å². The highest BCUT2D eigenvalue weighted by atomic mass is 32.2. The van der Waals surface area contributed by atoms with Gasteiger partial charge in [0.05, 0.1) is 4.90 Å². The molecule has 16 heavy (non-hydrogen) atoms. The van der Waals surface area contributed by atoms with Gasteiger partial charge in [0, 0.05) is 0 Å². The molecule has 0 aromatic heterocycles. The molecule has 1 fully saturated rings. The van der Waals surface area contributed by atoms with Gasteiger partial charge in [-0.1, -0.05) is 17.7 Å². The van der Waals surface area contributed by atoms with Crippen LogP contribution in [0.15, 0.2) is 29.2 Å². The van der Waals surface area contributed by atoms with Crippen molar-refractivity contribution < 1.29 is 22.1 Å². The fourth-order valence-corrected chi connectivity index (χ4v) is 2.25. The molecule has 1 unspecified atom stereocenters. The fraction of sp³-hybridized carbons (Fsp3) is 0.400. The SMILES string of the molecule is Cc1ccc(S(=O)(=O)OC2COCO2)cc1. The molecule has 0 saturated carbocycles. The highest BCUT2D eigenvalue weighted by Gasteiger charge is 2.25. The molecule has 0 radical (unpaired) electrons. The largest absolute Gasteiger partial charge is 0.350 e. The molecular formula is C10H12O5S. The number of aryl methyl sites for hydroxylation is 1. The van der Waals surface area contributed by atoms with Gasteiger partial charge in [-0.2, -0.15) is 8.42 Å². The van der Waals surface area contributed by atoms with Gasteiger partial charge in [-0.15, -0.1) is 0 Å². The van der Waals surface area contributed by atoms with E-state index in [4.69, 9.17) is 13.7 Å². The molecule has 0 N–H and O–H groups in total. The first-order valence-corrected chi connectivity index (χ1v) is 6.18. The van der Waals surface area contributed by atoms with E-state index in [-0.39, 0.29) is 18.3 Å². The lowest BCUT2D eigenvalue weighted by molar-refractivity contribution is -0.0372. The molecule has 1 aromatic rings. The van der Waals surface area contributed by atoms with Gasteiger partial charge in [-0.3, -0.25) is 0 Å². The van der Waals surface area contributed by atoms with Crippen LogP contribution in [-0.2, 0) is 23.8 Å². The Labute approximate surface area is 94.1 Å². The number of hydrogen-bond acceptors (Lipinski definition) is 5. The molecule has 1 aliphatic rings. The van der Waals surface area contributed by atoms with Gasteiger partial charge in [0.15, 0.2) is 0 Å². The molecule has 0 aliphatic carbocycles. The van der Waals surface area contributed by atoms with E-state index in [1.807, 2.05) is 6.92 Å². The fourth-order valence-electron chi connectivity index (χ4n) is 1.27. The lowest BCUT2D eigenvalue weighted by Crippen LogP contribution is -2.20. The van der Waals surface area contributed by atoms with E-state index in [0.29, 0.717) is 0 Å². The van der Waals surface area contributed by atoms with Crippen LogP contribution in [0, 0.1) is 6.92 Å². The van der Waals surface area contributed by atoms with Crippen molar-refractivity contribution in [2.75, 3.05) is 13.4 Å². The number of ether oxygens (including phenoxy) is 2. The summed E-state index contributed by atoms with van der Waals surface area (Å²) >= 11 is 0. The summed E-state index contributed by atoms with van der Waals surface area (Å²) in [6, 6.07) is 6.42. The Morgan fingerprint density at radius 2 is 2.00 bits per heavy atom. The quantitative estimate of drug-likeness (QED) is 0.743. The van der Waals surface area contributed by atoms with Crippen LogP contribution in [0.5, 0.6) is 0 Å². The molecular weight excluding hydrogens is 232 g/mol. The minimum absolute atomic E-state index is 0.0636. The average Bonchev–Trinajstić information content (AvgIpc) is 2.70. The minimum atomic E-state index is -3.77. The molecule has 0 spiro atoms. The maximum absolute atomic E-state index is 11.7. The maximum Gasteiger partial charge on any atom is 0.299 e. The molecule has 0 amide bonds. The van der Waals surface area contributed by atoms with Gasteiger partial charge < -0.3 is 9.47 Å². The van der Waals surface area contributed by atoms with Crippen molar-refractivity contribution in [3.8, 4) is 0 Å². The van der Waals surface area contributed by atoms with E-state index in [1.165, 1.54) is 12.1 Å². The summed E-state index contributed by atoms with van der Waals surface area (Å²) in [5.41, 5.74) is 0.986. The Morgan fingerprint density at radius 3 is 2.56 bits per heavy atom. The Bertz CT molecular complexity index is 445. The monoisotopic (exact) mass is 244 g/mol. The highest BCUT2D eigenvalue weighted by molar-refractivity contribution is 7.86. The Kier molecular flexibility index (Phi) is 3.25. The summed E-state index contributed by atoms with van der Waals surface area (Å²) in [7, 11) is -3.77. The third-order valence-electron chi connectivity index (χ3n) is 2.13. The molecule has 1 saturated heterocycles. The van der Waals surface area contributed by atoms with Crippen LogP contribution in [0.2, 0.25) is 0 Å². The third kappa shape index (κ3) is 2.59. The molecule has 1 heterocycles. The Hall–Kier alpha value is -0.950. The molecule has 1 atom stereocenters. The van der Waals surface area contributed by atoms with Crippen molar-refractivity contribution in [1.29, 1.82) is 0 Å². The van der Waals surface area contributed by atoms with Gasteiger partial charge in [0.1, 0.15) is 13.4 Å². The van der Waals surface area contributed by atoms with Gasteiger partial charge >= 0.3 is 0 Å². The highest BCUT2D eigenvalue weighted by Crippen LogP contribution is 2.17. The molecule has 88 valence electrons. The van der Waals surface area contributed by atoms with Crippen LogP contribution in [0.3, 0.4) is 0 Å². The van der Waals surface area contributed by atoms with Crippen LogP contribution >= 0.6 is 0 Å². The van der Waals surface area contributed by atoms with Crippen molar-refractivity contribution in [3.05, 3.63) is 29.8 Å². The zero-order chi connectivity index (χ0) is 11.6. The Balaban J connectivity index is 2.14. The summed E-state index contributed by atoms with van der Waals surface area (Å²) in [5, 5.41) is 0. The van der Waals surface area contributed by atoms with E-state index in [9.17, 15) is 8.42 Å². The number of hydrogen-bond donors (Lipinski definition) is 0. The van der Waals surface area contributed by atoms with Crippen molar-refractivity contribution in [2.45, 2.75) is 18.1 Å². The van der Waals surface area contributed by atoms with Crippen LogP contribution < -0.4 is 0 Å². The summed E-state index contributed by atoms with van der Waals surface area (Å²) in [6.07, 6.45) is -0.841. The first kappa shape index (κ1) is 11.5. The van der Waals surface area contributed by atoms with Gasteiger partial charge in [-0.25, -0.2) is 4.18 Å². The van der Waals surface area contributed by atoms with Crippen molar-refractivity contribution in [2.24, 2.45) is 0 Å². The number of rotatable bonds is 3. The van der Waals surface area contributed by atoms with Crippen LogP contribution in [0.1, 0.15) is 5.56 Å². The number of benzene rings is 1. The predicted octanol–water partition coefficient (Wildman–Crippen LogP) is 1.03. The van der Waals surface area contributed by atoms with Crippen molar-refractivity contribution in [3.63, 3.8) is 0 Å². The van der Waals surface area contributed by atoms with E-state index < -0.39 is 16.4 Å². The summed E-state index contributed by atoms with van der Waals surface area (Å²) in [4.78, 5) is 0.119. The lowest BCUT2D eigenvalue weighted by atomic mass is 10.2. The molecule has 6 heteroatoms. The second-order valence-corrected chi connectivity index (χ2v) is 5.02. The summed E-state index contributed by atoms with van der Waals surface area (Å²) in [5.74, 6) is 0. The second-order valence-electron chi connectivity index (χ2n) is 3.45. The average molecular weight is 244 g/mol. The van der Waals surface area contributed by atoms with E-state index in [2.05, 4.69) is 0 Å². The minimum Gasteiger partial charge on any atom is -0.350 e. The van der Waals surface area contributed by atoms with Gasteiger partial charge in [-0.05, 0) is 19.1 Å².